The van der Waals surface area contributed by atoms with Crippen molar-refractivity contribution in [2.75, 3.05) is 11.9 Å². The number of urea groups is 1. The Morgan fingerprint density at radius 1 is 1.35 bits per heavy atom. The van der Waals surface area contributed by atoms with Crippen molar-refractivity contribution < 1.29 is 14.4 Å². The van der Waals surface area contributed by atoms with Gasteiger partial charge in [0.05, 0.1) is 0 Å². The number of imide groups is 1. The molecule has 2 fully saturated rings. The molecule has 1 saturated carbocycles. The van der Waals surface area contributed by atoms with Crippen LogP contribution in [-0.4, -0.2) is 34.8 Å². The maximum atomic E-state index is 12.9. The summed E-state index contributed by atoms with van der Waals surface area (Å²) in [6.45, 7) is 5.70. The molecule has 0 bridgehead atoms. The van der Waals surface area contributed by atoms with Crippen LogP contribution in [0, 0.1) is 12.8 Å². The highest BCUT2D eigenvalue weighted by Crippen LogP contribution is 2.38. The molecule has 6 heteroatoms. The van der Waals surface area contributed by atoms with Crippen molar-refractivity contribution in [1.29, 1.82) is 0 Å². The number of amides is 4. The summed E-state index contributed by atoms with van der Waals surface area (Å²) in [7, 11) is 0. The zero-order chi connectivity index (χ0) is 18.9. The molecule has 1 heterocycles. The maximum Gasteiger partial charge on any atom is 0.325 e. The molecule has 140 valence electrons. The standard InChI is InChI=1S/C20H27N3O3/c1-4-15-10-7-8-13(2)17(15)21-16(24)12-23-18(25)20(22-19(23)26)11-6-5-9-14(20)3/h7-8,10,14H,4-6,9,11-12H2,1-3H3,(H,21,24)(H,22,26)/t14-,20-/m1/s1. The number of aryl methyl sites for hydroxylation is 2. The third-order valence-electron chi connectivity index (χ3n) is 5.81. The zero-order valence-electron chi connectivity index (χ0n) is 15.7. The van der Waals surface area contributed by atoms with Gasteiger partial charge in [-0.25, -0.2) is 4.79 Å². The van der Waals surface area contributed by atoms with Crippen LogP contribution in [-0.2, 0) is 16.0 Å². The molecule has 0 unspecified atom stereocenters. The Bertz CT molecular complexity index is 746. The molecular weight excluding hydrogens is 330 g/mol. The van der Waals surface area contributed by atoms with Crippen LogP contribution in [0.25, 0.3) is 0 Å². The van der Waals surface area contributed by atoms with Gasteiger partial charge >= 0.3 is 6.03 Å². The molecule has 1 saturated heterocycles. The number of carbonyl (C=O) groups is 3. The number of benzene rings is 1. The van der Waals surface area contributed by atoms with E-state index in [0.29, 0.717) is 6.42 Å². The van der Waals surface area contributed by atoms with Crippen molar-refractivity contribution in [2.24, 2.45) is 5.92 Å². The molecule has 1 aromatic rings. The van der Waals surface area contributed by atoms with E-state index in [4.69, 9.17) is 0 Å². The Labute approximate surface area is 154 Å². The molecule has 26 heavy (non-hydrogen) atoms. The van der Waals surface area contributed by atoms with Gasteiger partial charge in [0.25, 0.3) is 5.91 Å². The molecule has 1 aromatic carbocycles. The first kappa shape index (κ1) is 18.4. The van der Waals surface area contributed by atoms with Crippen LogP contribution in [0.3, 0.4) is 0 Å². The minimum absolute atomic E-state index is 0.0869. The van der Waals surface area contributed by atoms with Crippen LogP contribution in [0.4, 0.5) is 10.5 Å². The van der Waals surface area contributed by atoms with Crippen molar-refractivity contribution in [2.45, 2.75) is 58.4 Å². The van der Waals surface area contributed by atoms with Crippen molar-refractivity contribution in [3.63, 3.8) is 0 Å². The van der Waals surface area contributed by atoms with E-state index in [1.807, 2.05) is 39.0 Å². The van der Waals surface area contributed by atoms with Gasteiger partial charge in [0.1, 0.15) is 12.1 Å². The Hall–Kier alpha value is -2.37. The van der Waals surface area contributed by atoms with Crippen molar-refractivity contribution in [3.05, 3.63) is 29.3 Å². The van der Waals surface area contributed by atoms with Crippen molar-refractivity contribution in [1.82, 2.24) is 10.2 Å². The van der Waals surface area contributed by atoms with E-state index >= 15 is 0 Å². The van der Waals surface area contributed by atoms with E-state index in [1.165, 1.54) is 0 Å². The molecular formula is C20H27N3O3. The highest BCUT2D eigenvalue weighted by Gasteiger charge is 2.55. The molecule has 4 amide bonds. The van der Waals surface area contributed by atoms with Crippen LogP contribution in [0.1, 0.15) is 50.7 Å². The zero-order valence-corrected chi connectivity index (χ0v) is 15.7. The summed E-state index contributed by atoms with van der Waals surface area (Å²) in [6.07, 6.45) is 4.34. The van der Waals surface area contributed by atoms with Crippen LogP contribution < -0.4 is 10.6 Å². The second kappa shape index (κ2) is 7.09. The minimum Gasteiger partial charge on any atom is -0.324 e. The number of carbonyl (C=O) groups excluding carboxylic acids is 3. The van der Waals surface area contributed by atoms with Gasteiger partial charge in [-0.05, 0) is 43.2 Å². The second-order valence-corrected chi connectivity index (χ2v) is 7.45. The molecule has 6 nitrogen and oxygen atoms in total. The first-order valence-electron chi connectivity index (χ1n) is 9.41. The normalized spacial score (nSPS) is 25.5. The first-order chi connectivity index (χ1) is 12.4. The Morgan fingerprint density at radius 2 is 2.12 bits per heavy atom. The fourth-order valence-electron chi connectivity index (χ4n) is 4.16. The molecule has 1 spiro atoms. The topological polar surface area (TPSA) is 78.5 Å². The number of hydrogen-bond acceptors (Lipinski definition) is 3. The average molecular weight is 357 g/mol. The van der Waals surface area contributed by atoms with Gasteiger partial charge in [-0.2, -0.15) is 0 Å². The minimum atomic E-state index is -0.827. The number of hydrogen-bond donors (Lipinski definition) is 2. The van der Waals surface area contributed by atoms with Crippen molar-refractivity contribution >= 4 is 23.5 Å². The molecule has 0 radical (unpaired) electrons. The van der Waals surface area contributed by atoms with Gasteiger partial charge in [-0.15, -0.1) is 0 Å². The van der Waals surface area contributed by atoms with E-state index < -0.39 is 11.6 Å². The fraction of sp³-hybridized carbons (Fsp3) is 0.550. The van der Waals surface area contributed by atoms with Gasteiger partial charge in [-0.3, -0.25) is 14.5 Å². The lowest BCUT2D eigenvalue weighted by atomic mass is 9.73. The summed E-state index contributed by atoms with van der Waals surface area (Å²) in [5.41, 5.74) is 1.94. The number of rotatable bonds is 4. The van der Waals surface area contributed by atoms with E-state index in [2.05, 4.69) is 10.6 Å². The third-order valence-corrected chi connectivity index (χ3v) is 5.81. The number of nitrogens with one attached hydrogen (secondary N) is 2. The quantitative estimate of drug-likeness (QED) is 0.813. The van der Waals surface area contributed by atoms with E-state index in [1.54, 1.807) is 0 Å². The number of para-hydroxylation sites is 1. The summed E-state index contributed by atoms with van der Waals surface area (Å²) < 4.78 is 0. The van der Waals surface area contributed by atoms with E-state index in [9.17, 15) is 14.4 Å². The van der Waals surface area contributed by atoms with Gasteiger partial charge in [0.2, 0.25) is 5.91 Å². The van der Waals surface area contributed by atoms with Gasteiger partial charge in [-0.1, -0.05) is 44.9 Å². The third kappa shape index (κ3) is 3.08. The molecule has 1 aliphatic carbocycles. The summed E-state index contributed by atoms with van der Waals surface area (Å²) in [4.78, 5) is 39.0. The van der Waals surface area contributed by atoms with Gasteiger partial charge in [0.15, 0.2) is 0 Å². The highest BCUT2D eigenvalue weighted by atomic mass is 16.2. The molecule has 3 rings (SSSR count). The molecule has 0 aromatic heterocycles. The lowest BCUT2D eigenvalue weighted by Gasteiger charge is -2.36. The van der Waals surface area contributed by atoms with Crippen molar-refractivity contribution in [3.8, 4) is 0 Å². The highest BCUT2D eigenvalue weighted by molar-refractivity contribution is 6.10. The molecule has 2 aliphatic rings. The van der Waals surface area contributed by atoms with Crippen LogP contribution in [0.15, 0.2) is 18.2 Å². The smallest absolute Gasteiger partial charge is 0.324 e. The first-order valence-corrected chi connectivity index (χ1v) is 9.41. The monoisotopic (exact) mass is 357 g/mol. The summed E-state index contributed by atoms with van der Waals surface area (Å²) >= 11 is 0. The predicted octanol–water partition coefficient (Wildman–Crippen LogP) is 3.00. The average Bonchev–Trinajstić information content (AvgIpc) is 2.84. The lowest BCUT2D eigenvalue weighted by molar-refractivity contribution is -0.136. The van der Waals surface area contributed by atoms with Gasteiger partial charge in [0, 0.05) is 5.69 Å². The molecule has 2 N–H and O–H groups in total. The van der Waals surface area contributed by atoms with E-state index in [-0.39, 0.29) is 24.3 Å². The fourth-order valence-corrected chi connectivity index (χ4v) is 4.16. The Morgan fingerprint density at radius 3 is 2.81 bits per heavy atom. The van der Waals surface area contributed by atoms with Crippen LogP contribution in [0.5, 0.6) is 0 Å². The van der Waals surface area contributed by atoms with Crippen LogP contribution in [0.2, 0.25) is 0 Å². The van der Waals surface area contributed by atoms with Crippen LogP contribution >= 0.6 is 0 Å². The number of anilines is 1. The molecule has 2 atom stereocenters. The Kier molecular flexibility index (Phi) is 5.03. The SMILES string of the molecule is CCc1cccc(C)c1NC(=O)CN1C(=O)N[C@@]2(CCCC[C@H]2C)C1=O. The predicted molar refractivity (Wildman–Crippen MR) is 99.8 cm³/mol. The number of nitrogens with zero attached hydrogens (tertiary/aromatic N) is 1. The Balaban J connectivity index is 1.74. The van der Waals surface area contributed by atoms with E-state index in [0.717, 1.165) is 47.4 Å². The maximum absolute atomic E-state index is 12.9. The summed E-state index contributed by atoms with van der Waals surface area (Å²) in [6, 6.07) is 5.39. The van der Waals surface area contributed by atoms with Gasteiger partial charge < -0.3 is 10.6 Å². The second-order valence-electron chi connectivity index (χ2n) is 7.45. The lowest BCUT2D eigenvalue weighted by Crippen LogP contribution is -2.54. The summed E-state index contributed by atoms with van der Waals surface area (Å²) in [5, 5.41) is 5.77. The summed E-state index contributed by atoms with van der Waals surface area (Å²) in [5.74, 6) is -0.521. The largest absolute Gasteiger partial charge is 0.325 e. The molecule has 1 aliphatic heterocycles.